The van der Waals surface area contributed by atoms with Crippen LogP contribution >= 0.6 is 31.9 Å². The van der Waals surface area contributed by atoms with Crippen molar-refractivity contribution in [3.05, 3.63) is 62.5 Å². The number of rotatable bonds is 4. The van der Waals surface area contributed by atoms with E-state index in [1.807, 2.05) is 12.1 Å². The number of aromatic carboxylic acids is 1. The number of ether oxygens (including phenoxy) is 1. The summed E-state index contributed by atoms with van der Waals surface area (Å²) >= 11 is 7.66. The van der Waals surface area contributed by atoms with Crippen LogP contribution in [-0.2, 0) is 5.41 Å². The lowest BCUT2D eigenvalue weighted by atomic mass is 9.48. The van der Waals surface area contributed by atoms with E-state index in [4.69, 9.17) is 4.74 Å². The molecule has 0 heterocycles. The second-order valence-corrected chi connectivity index (χ2v) is 12.1. The summed E-state index contributed by atoms with van der Waals surface area (Å²) in [7, 11) is 1.79. The molecule has 3 aromatic rings. The topological polar surface area (TPSA) is 46.5 Å². The van der Waals surface area contributed by atoms with Crippen molar-refractivity contribution in [2.75, 3.05) is 7.11 Å². The molecule has 0 spiro atoms. The molecule has 4 fully saturated rings. The van der Waals surface area contributed by atoms with Gasteiger partial charge in [0.2, 0.25) is 0 Å². The molecule has 0 aliphatic heterocycles. The molecule has 170 valence electrons. The fourth-order valence-electron chi connectivity index (χ4n) is 7.44. The molecule has 5 heteroatoms. The molecular weight excluding hydrogens is 544 g/mol. The van der Waals surface area contributed by atoms with Crippen LogP contribution < -0.4 is 4.74 Å². The summed E-state index contributed by atoms with van der Waals surface area (Å²) in [6, 6.07) is 13.9. The fourth-order valence-corrected chi connectivity index (χ4v) is 8.78. The number of methoxy groups -OCH3 is 1. The second-order valence-electron chi connectivity index (χ2n) is 10.4. The third-order valence-electron chi connectivity index (χ3n) is 8.37. The number of carboxylic acid groups (broad SMARTS) is 1. The van der Waals surface area contributed by atoms with Gasteiger partial charge in [0.25, 0.3) is 0 Å². The standard InChI is InChI=1S/C28H26Br2O3/c1-33-26-23(28-12-15-6-16(13-28)8-17(7-15)14-28)10-20(11-24(26)29)22-4-2-18-9-19(27(31)32)3-5-21(18)25(22)30/h2-5,9-11,15-17H,6-8,12-14H2,1H3,(H,31,32). The number of hydrogen-bond acceptors (Lipinski definition) is 2. The molecule has 0 amide bonds. The smallest absolute Gasteiger partial charge is 0.335 e. The zero-order chi connectivity index (χ0) is 22.9. The monoisotopic (exact) mass is 568 g/mol. The van der Waals surface area contributed by atoms with E-state index < -0.39 is 5.97 Å². The minimum Gasteiger partial charge on any atom is -0.495 e. The minimum atomic E-state index is -0.906. The predicted molar refractivity (Wildman–Crippen MR) is 138 cm³/mol. The van der Waals surface area contributed by atoms with Crippen LogP contribution in [0.5, 0.6) is 5.75 Å². The maximum Gasteiger partial charge on any atom is 0.335 e. The van der Waals surface area contributed by atoms with E-state index in [-0.39, 0.29) is 5.41 Å². The van der Waals surface area contributed by atoms with Gasteiger partial charge in [-0.2, -0.15) is 0 Å². The average molecular weight is 570 g/mol. The maximum atomic E-state index is 11.4. The van der Waals surface area contributed by atoms with Crippen molar-refractivity contribution in [1.29, 1.82) is 0 Å². The van der Waals surface area contributed by atoms with Gasteiger partial charge in [-0.05, 0) is 140 Å². The molecule has 4 saturated carbocycles. The van der Waals surface area contributed by atoms with E-state index in [2.05, 4.69) is 50.1 Å². The van der Waals surface area contributed by atoms with Gasteiger partial charge in [-0.3, -0.25) is 0 Å². The first-order valence-electron chi connectivity index (χ1n) is 11.7. The fraction of sp³-hybridized carbons (Fsp3) is 0.393. The number of benzene rings is 3. The highest BCUT2D eigenvalue weighted by Crippen LogP contribution is 2.62. The first-order chi connectivity index (χ1) is 15.9. The molecule has 7 rings (SSSR count). The molecular formula is C28H26Br2O3. The van der Waals surface area contributed by atoms with E-state index in [9.17, 15) is 9.90 Å². The van der Waals surface area contributed by atoms with Crippen LogP contribution in [-0.4, -0.2) is 18.2 Å². The molecule has 4 bridgehead atoms. The summed E-state index contributed by atoms with van der Waals surface area (Å²) in [5.41, 5.74) is 4.16. The zero-order valence-electron chi connectivity index (χ0n) is 18.5. The summed E-state index contributed by atoms with van der Waals surface area (Å²) in [4.78, 5) is 11.4. The van der Waals surface area contributed by atoms with Gasteiger partial charge in [0.15, 0.2) is 0 Å². The molecule has 0 unspecified atom stereocenters. The number of carbonyl (C=O) groups is 1. The SMILES string of the molecule is COc1c(Br)cc(-c2ccc3cc(C(=O)O)ccc3c2Br)cc1C12CC3CC(CC(C3)C1)C2. The van der Waals surface area contributed by atoms with Crippen molar-refractivity contribution >= 4 is 48.6 Å². The van der Waals surface area contributed by atoms with Gasteiger partial charge in [-0.15, -0.1) is 0 Å². The molecule has 4 aliphatic carbocycles. The van der Waals surface area contributed by atoms with E-state index >= 15 is 0 Å². The molecule has 4 aliphatic rings. The van der Waals surface area contributed by atoms with Crippen molar-refractivity contribution in [3.8, 4) is 16.9 Å². The minimum absolute atomic E-state index is 0.221. The summed E-state index contributed by atoms with van der Waals surface area (Å²) in [6.45, 7) is 0. The Kier molecular flexibility index (Phi) is 5.15. The quantitative estimate of drug-likeness (QED) is 0.344. The highest BCUT2D eigenvalue weighted by atomic mass is 79.9. The third kappa shape index (κ3) is 3.46. The Balaban J connectivity index is 1.50. The largest absolute Gasteiger partial charge is 0.495 e. The number of fused-ring (bicyclic) bond motifs is 1. The summed E-state index contributed by atoms with van der Waals surface area (Å²) in [5, 5.41) is 11.3. The lowest BCUT2D eigenvalue weighted by Crippen LogP contribution is -2.48. The van der Waals surface area contributed by atoms with Crippen LogP contribution in [0, 0.1) is 17.8 Å². The Morgan fingerprint density at radius 2 is 1.64 bits per heavy atom. The van der Waals surface area contributed by atoms with E-state index in [1.165, 1.54) is 44.1 Å². The van der Waals surface area contributed by atoms with Gasteiger partial charge < -0.3 is 9.84 Å². The van der Waals surface area contributed by atoms with Crippen LogP contribution in [0.4, 0.5) is 0 Å². The third-order valence-corrected chi connectivity index (χ3v) is 9.81. The molecule has 1 N–H and O–H groups in total. The molecule has 33 heavy (non-hydrogen) atoms. The normalized spacial score (nSPS) is 27.8. The summed E-state index contributed by atoms with van der Waals surface area (Å²) < 4.78 is 7.97. The molecule has 0 atom stereocenters. The Morgan fingerprint density at radius 1 is 0.970 bits per heavy atom. The maximum absolute atomic E-state index is 11.4. The average Bonchev–Trinajstić information content (AvgIpc) is 2.77. The van der Waals surface area contributed by atoms with Gasteiger partial charge >= 0.3 is 5.97 Å². The van der Waals surface area contributed by atoms with Crippen LogP contribution in [0.1, 0.15) is 54.4 Å². The zero-order valence-corrected chi connectivity index (χ0v) is 21.7. The Hall–Kier alpha value is -1.85. The van der Waals surface area contributed by atoms with Crippen molar-refractivity contribution in [3.63, 3.8) is 0 Å². The van der Waals surface area contributed by atoms with Crippen LogP contribution in [0.2, 0.25) is 0 Å². The lowest BCUT2D eigenvalue weighted by Gasteiger charge is -2.57. The predicted octanol–water partition coefficient (Wildman–Crippen LogP) is 8.21. The lowest BCUT2D eigenvalue weighted by molar-refractivity contribution is -0.00617. The van der Waals surface area contributed by atoms with Crippen LogP contribution in [0.3, 0.4) is 0 Å². The highest BCUT2D eigenvalue weighted by Gasteiger charge is 2.52. The highest BCUT2D eigenvalue weighted by molar-refractivity contribution is 9.11. The van der Waals surface area contributed by atoms with Gasteiger partial charge in [0, 0.05) is 10.0 Å². The Morgan fingerprint density at radius 3 is 2.24 bits per heavy atom. The van der Waals surface area contributed by atoms with Crippen LogP contribution in [0.25, 0.3) is 21.9 Å². The molecule has 0 saturated heterocycles. The number of hydrogen-bond donors (Lipinski definition) is 1. The molecule has 3 aromatic carbocycles. The summed E-state index contributed by atoms with van der Waals surface area (Å²) in [6.07, 6.45) is 8.08. The van der Waals surface area contributed by atoms with E-state index in [0.717, 1.165) is 54.3 Å². The Bertz CT molecular complexity index is 1260. The van der Waals surface area contributed by atoms with E-state index in [0.29, 0.717) is 5.56 Å². The first kappa shape index (κ1) is 21.7. The van der Waals surface area contributed by atoms with Gasteiger partial charge in [-0.25, -0.2) is 4.79 Å². The summed E-state index contributed by atoms with van der Waals surface area (Å²) in [5.74, 6) is 2.66. The van der Waals surface area contributed by atoms with Crippen molar-refractivity contribution < 1.29 is 14.6 Å². The van der Waals surface area contributed by atoms with Gasteiger partial charge in [0.1, 0.15) is 5.75 Å². The van der Waals surface area contributed by atoms with E-state index in [1.54, 1.807) is 19.2 Å². The molecule has 0 radical (unpaired) electrons. The Labute approximate surface area is 210 Å². The van der Waals surface area contributed by atoms with Crippen molar-refractivity contribution in [1.82, 2.24) is 0 Å². The van der Waals surface area contributed by atoms with Gasteiger partial charge in [-0.1, -0.05) is 18.2 Å². The molecule has 3 nitrogen and oxygen atoms in total. The first-order valence-corrected chi connectivity index (χ1v) is 13.3. The number of halogens is 2. The van der Waals surface area contributed by atoms with Gasteiger partial charge in [0.05, 0.1) is 17.1 Å². The van der Waals surface area contributed by atoms with Crippen molar-refractivity contribution in [2.45, 2.75) is 43.9 Å². The van der Waals surface area contributed by atoms with Crippen molar-refractivity contribution in [2.24, 2.45) is 17.8 Å². The molecule has 0 aromatic heterocycles. The second kappa shape index (κ2) is 7.84. The van der Waals surface area contributed by atoms with Crippen LogP contribution in [0.15, 0.2) is 51.4 Å². The number of carboxylic acids is 1.